The van der Waals surface area contributed by atoms with E-state index in [2.05, 4.69) is 10.2 Å². The molecule has 0 aliphatic rings. The van der Waals surface area contributed by atoms with Crippen LogP contribution in [0.1, 0.15) is 11.1 Å². The van der Waals surface area contributed by atoms with E-state index >= 15 is 0 Å². The Labute approximate surface area is 194 Å². The summed E-state index contributed by atoms with van der Waals surface area (Å²) in [4.78, 5) is 0. The summed E-state index contributed by atoms with van der Waals surface area (Å²) in [7, 11) is 0.645. The van der Waals surface area contributed by atoms with Crippen LogP contribution in [0, 0.1) is 0 Å². The van der Waals surface area contributed by atoms with Crippen molar-refractivity contribution in [3.8, 4) is 11.5 Å². The highest BCUT2D eigenvalue weighted by Gasteiger charge is 2.23. The summed E-state index contributed by atoms with van der Waals surface area (Å²) in [6.45, 7) is 0. The second-order valence-electron chi connectivity index (χ2n) is 5.98. The fourth-order valence-corrected chi connectivity index (χ4v) is 4.85. The summed E-state index contributed by atoms with van der Waals surface area (Å²) in [5.74, 6) is 1.30. The molecule has 13 heteroatoms. The first-order chi connectivity index (χ1) is 14.8. The van der Waals surface area contributed by atoms with Crippen molar-refractivity contribution in [2.45, 2.75) is 6.16 Å². The summed E-state index contributed by atoms with van der Waals surface area (Å²) < 4.78 is 35.1. The smallest absolute Gasteiger partial charge is 0.312 e. The first-order valence-corrected chi connectivity index (χ1v) is 15.2. The molecule has 0 amide bonds. The van der Waals surface area contributed by atoms with E-state index in [4.69, 9.17) is 41.7 Å². The molecule has 2 aromatic carbocycles. The predicted molar refractivity (Wildman–Crippen MR) is 132 cm³/mol. The maximum absolute atomic E-state index is 12.2. The number of hydrazone groups is 1. The van der Waals surface area contributed by atoms with Crippen LogP contribution in [0.15, 0.2) is 53.6 Å². The van der Waals surface area contributed by atoms with Crippen molar-refractivity contribution in [3.05, 3.63) is 59.7 Å². The van der Waals surface area contributed by atoms with Crippen LogP contribution in [-0.2, 0) is 43.4 Å². The van der Waals surface area contributed by atoms with Gasteiger partial charge in [0.25, 0.3) is 0 Å². The van der Waals surface area contributed by atoms with Gasteiger partial charge in [0.1, 0.15) is 0 Å². The van der Waals surface area contributed by atoms with Crippen molar-refractivity contribution in [3.63, 3.8) is 0 Å². The summed E-state index contributed by atoms with van der Waals surface area (Å²) in [5.41, 5.74) is 1.70. The van der Waals surface area contributed by atoms with Gasteiger partial charge in [-0.1, -0.05) is 16.9 Å². The molecule has 2 aromatic rings. The van der Waals surface area contributed by atoms with Crippen molar-refractivity contribution < 1.29 is 22.7 Å². The van der Waals surface area contributed by atoms with E-state index in [9.17, 15) is 4.57 Å². The van der Waals surface area contributed by atoms with E-state index in [1.54, 1.807) is 49.4 Å². The number of hydrogen-bond acceptors (Lipinski definition) is 8. The Morgan fingerprint density at radius 2 is 1.58 bits per heavy atom. The van der Waals surface area contributed by atoms with Crippen LogP contribution in [0.3, 0.4) is 0 Å². The van der Waals surface area contributed by atoms with Crippen LogP contribution in [-0.4, -0.2) is 39.3 Å². The molecule has 31 heavy (non-hydrogen) atoms. The minimum atomic E-state index is -3.11. The third-order valence-corrected chi connectivity index (χ3v) is 9.15. The Kier molecular flexibility index (Phi) is 10.6. The largest absolute Gasteiger partial charge is 0.540 e. The average Bonchev–Trinajstić information content (AvgIpc) is 2.79. The number of rotatable bonds is 12. The van der Waals surface area contributed by atoms with Gasteiger partial charge in [-0.2, -0.15) is 0 Å². The molecule has 0 radical (unpaired) electrons. The van der Waals surface area contributed by atoms with Crippen LogP contribution in [0.2, 0.25) is 0 Å². The monoisotopic (exact) mass is 519 g/mol. The van der Waals surface area contributed by atoms with Gasteiger partial charge < -0.3 is 9.05 Å². The molecule has 0 saturated heterocycles. The zero-order valence-electron chi connectivity index (χ0n) is 17.5. The molecule has 0 bridgehead atoms. The van der Waals surface area contributed by atoms with Gasteiger partial charge in [-0.05, 0) is 47.5 Å². The van der Waals surface area contributed by atoms with Crippen LogP contribution < -0.4 is 14.1 Å². The molecule has 0 spiro atoms. The minimum absolute atomic E-state index is 0.181. The molecular weight excluding hydrogens is 495 g/mol. The standard InChI is InChI=1S/C18H24N3O5P3S2/c1-19-27(30)25-17-9-5-15(6-10-17)13-20-21(2)28(31)26-18-11-7-16(8-12-18)14-29(22,23-3)24-4/h5-13H,14H2,1-4H3,(H,19,30)/q+2. The van der Waals surface area contributed by atoms with Crippen molar-refractivity contribution in [2.75, 3.05) is 28.3 Å². The first kappa shape index (κ1) is 25.9. The van der Waals surface area contributed by atoms with Gasteiger partial charge in [-0.3, -0.25) is 13.6 Å². The number of nitrogens with one attached hydrogen (secondary N) is 1. The lowest BCUT2D eigenvalue weighted by Gasteiger charge is -2.13. The minimum Gasteiger partial charge on any atom is -0.312 e. The van der Waals surface area contributed by atoms with Gasteiger partial charge in [0.2, 0.25) is 23.6 Å². The van der Waals surface area contributed by atoms with Gasteiger partial charge >= 0.3 is 21.7 Å². The Morgan fingerprint density at radius 3 is 2.13 bits per heavy atom. The lowest BCUT2D eigenvalue weighted by molar-refractivity contribution is 0.275. The zero-order chi connectivity index (χ0) is 22.9. The van der Waals surface area contributed by atoms with Gasteiger partial charge in [0.05, 0.1) is 19.4 Å². The quantitative estimate of drug-likeness (QED) is 0.232. The summed E-state index contributed by atoms with van der Waals surface area (Å²) >= 11 is 10.5. The second-order valence-corrected chi connectivity index (χ2v) is 12.6. The van der Waals surface area contributed by atoms with Crippen molar-refractivity contribution in [2.24, 2.45) is 5.10 Å². The third kappa shape index (κ3) is 8.60. The summed E-state index contributed by atoms with van der Waals surface area (Å²) in [5, 5.41) is 7.25. The SMILES string of the molecule is CN[P+](=S)Oc1ccc(C=NN(C)[P+](=S)Oc2ccc(CP(=O)(OC)OC)cc2)cc1. The molecule has 0 aliphatic carbocycles. The van der Waals surface area contributed by atoms with Gasteiger partial charge in [-0.25, -0.2) is 0 Å². The third-order valence-electron chi connectivity index (χ3n) is 3.90. The molecule has 1 N–H and O–H groups in total. The van der Waals surface area contributed by atoms with E-state index in [1.807, 2.05) is 24.3 Å². The highest BCUT2D eigenvalue weighted by Crippen LogP contribution is 2.49. The highest BCUT2D eigenvalue weighted by molar-refractivity contribution is 8.02. The maximum atomic E-state index is 12.2. The molecular formula is C18H24N3O5P3S2+2. The Morgan fingerprint density at radius 1 is 1.03 bits per heavy atom. The molecule has 2 rings (SSSR count). The number of nitrogens with zero attached hydrogens (tertiary/aromatic N) is 2. The second kappa shape index (κ2) is 12.6. The fourth-order valence-electron chi connectivity index (χ4n) is 2.18. The topological polar surface area (TPSA) is 81.6 Å². The Bertz CT molecular complexity index is 966. The average molecular weight is 519 g/mol. The van der Waals surface area contributed by atoms with Gasteiger partial charge in [0.15, 0.2) is 11.5 Å². The summed E-state index contributed by atoms with van der Waals surface area (Å²) in [6.07, 6.45) is 1.87. The van der Waals surface area contributed by atoms with Crippen molar-refractivity contribution in [1.29, 1.82) is 0 Å². The molecule has 0 aromatic heterocycles. The van der Waals surface area contributed by atoms with E-state index in [0.29, 0.717) is 11.5 Å². The lowest BCUT2D eigenvalue weighted by Crippen LogP contribution is -2.03. The summed E-state index contributed by atoms with van der Waals surface area (Å²) in [6, 6.07) is 14.6. The van der Waals surface area contributed by atoms with E-state index in [-0.39, 0.29) is 6.16 Å². The molecule has 8 nitrogen and oxygen atoms in total. The Hall–Kier alpha value is -1.34. The highest BCUT2D eigenvalue weighted by atomic mass is 32.4. The van der Waals surface area contributed by atoms with Crippen LogP contribution in [0.25, 0.3) is 0 Å². The first-order valence-electron chi connectivity index (χ1n) is 8.93. The molecule has 2 unspecified atom stereocenters. The number of hydrogen-bond donors (Lipinski definition) is 1. The molecule has 0 heterocycles. The van der Waals surface area contributed by atoms with Crippen LogP contribution >= 0.6 is 21.7 Å². The van der Waals surface area contributed by atoms with E-state index in [1.165, 1.54) is 14.2 Å². The van der Waals surface area contributed by atoms with Crippen molar-refractivity contribution >= 4 is 51.6 Å². The fraction of sp³-hybridized carbons (Fsp3) is 0.278. The molecule has 2 atom stereocenters. The zero-order valence-corrected chi connectivity index (χ0v) is 21.8. The Balaban J connectivity index is 1.92. The normalized spacial score (nSPS) is 12.5. The predicted octanol–water partition coefficient (Wildman–Crippen LogP) is 5.16. The van der Waals surface area contributed by atoms with E-state index in [0.717, 1.165) is 11.1 Å². The molecule has 0 aliphatic heterocycles. The van der Waals surface area contributed by atoms with E-state index < -0.39 is 21.7 Å². The van der Waals surface area contributed by atoms with Gasteiger partial charge in [0, 0.05) is 21.3 Å². The van der Waals surface area contributed by atoms with Crippen molar-refractivity contribution in [1.82, 2.24) is 9.87 Å². The maximum Gasteiger partial charge on any atom is 0.540 e. The van der Waals surface area contributed by atoms with Crippen LogP contribution in [0.4, 0.5) is 0 Å². The molecule has 166 valence electrons. The van der Waals surface area contributed by atoms with Crippen LogP contribution in [0.5, 0.6) is 11.5 Å². The number of benzene rings is 2. The van der Waals surface area contributed by atoms with Gasteiger partial charge in [-0.15, -0.1) is 10.2 Å². The lowest BCUT2D eigenvalue weighted by atomic mass is 10.2. The molecule has 0 fully saturated rings. The molecule has 0 saturated carbocycles.